The summed E-state index contributed by atoms with van der Waals surface area (Å²) in [4.78, 5) is 0. The molecule has 0 aromatic heterocycles. The number of rotatable bonds is 0. The molecule has 0 amide bonds. The molecule has 1 aliphatic heterocycles. The van der Waals surface area contributed by atoms with Crippen LogP contribution >= 0.6 is 0 Å². The number of anilines is 1. The van der Waals surface area contributed by atoms with Crippen LogP contribution in [0, 0.1) is 6.54 Å². The molecule has 0 unspecified atom stereocenters. The summed E-state index contributed by atoms with van der Waals surface area (Å²) in [5.41, 5.74) is 2.64. The molecule has 11 heavy (non-hydrogen) atoms. The van der Waals surface area contributed by atoms with E-state index in [0.29, 0.717) is 0 Å². The van der Waals surface area contributed by atoms with Gasteiger partial charge in [-0.3, -0.25) is 0 Å². The molecular formula is C10H11N. The van der Waals surface area contributed by atoms with Crippen molar-refractivity contribution in [3.63, 3.8) is 0 Å². The van der Waals surface area contributed by atoms with Gasteiger partial charge in [0.15, 0.2) is 0 Å². The summed E-state index contributed by atoms with van der Waals surface area (Å²) in [6, 6.07) is 8.42. The Hall–Kier alpha value is -0.980. The number of benzene rings is 1. The SMILES string of the molecule is [C]1CCCc2ccccc2N1. The van der Waals surface area contributed by atoms with Crippen molar-refractivity contribution < 1.29 is 0 Å². The van der Waals surface area contributed by atoms with Crippen LogP contribution in [0.2, 0.25) is 0 Å². The lowest BCUT2D eigenvalue weighted by molar-refractivity contribution is 0.831. The van der Waals surface area contributed by atoms with Crippen LogP contribution in [0.5, 0.6) is 0 Å². The lowest BCUT2D eigenvalue weighted by Crippen LogP contribution is -1.92. The molecule has 2 rings (SSSR count). The minimum absolute atomic E-state index is 1.05. The molecular weight excluding hydrogens is 134 g/mol. The molecule has 1 aromatic carbocycles. The maximum Gasteiger partial charge on any atom is 0.0880 e. The summed E-state index contributed by atoms with van der Waals surface area (Å²) in [5, 5.41) is 3.18. The van der Waals surface area contributed by atoms with E-state index >= 15 is 0 Å². The number of para-hydroxylation sites is 1. The lowest BCUT2D eigenvalue weighted by atomic mass is 10.1. The van der Waals surface area contributed by atoms with Crippen molar-refractivity contribution in [2.24, 2.45) is 0 Å². The molecule has 0 saturated carbocycles. The largest absolute Gasteiger partial charge is 0.375 e. The second-order valence-corrected chi connectivity index (χ2v) is 2.81. The van der Waals surface area contributed by atoms with E-state index < -0.39 is 0 Å². The van der Waals surface area contributed by atoms with Gasteiger partial charge in [0.05, 0.1) is 6.54 Å². The Morgan fingerprint density at radius 1 is 1.27 bits per heavy atom. The van der Waals surface area contributed by atoms with Gasteiger partial charge in [-0.2, -0.15) is 0 Å². The summed E-state index contributed by atoms with van der Waals surface area (Å²) >= 11 is 0. The first kappa shape index (κ1) is 6.71. The zero-order valence-electron chi connectivity index (χ0n) is 6.43. The lowest BCUT2D eigenvalue weighted by Gasteiger charge is -2.04. The van der Waals surface area contributed by atoms with E-state index in [-0.39, 0.29) is 0 Å². The zero-order valence-corrected chi connectivity index (χ0v) is 6.43. The molecule has 1 aromatic rings. The zero-order chi connectivity index (χ0) is 7.52. The Morgan fingerprint density at radius 2 is 2.18 bits per heavy atom. The molecule has 1 aliphatic rings. The second-order valence-electron chi connectivity index (χ2n) is 2.81. The number of fused-ring (bicyclic) bond motifs is 1. The molecule has 0 fully saturated rings. The highest BCUT2D eigenvalue weighted by Gasteiger charge is 2.04. The third-order valence-electron chi connectivity index (χ3n) is 1.99. The molecule has 56 valence electrons. The molecule has 1 nitrogen and oxygen atoms in total. The van der Waals surface area contributed by atoms with E-state index in [1.54, 1.807) is 0 Å². The van der Waals surface area contributed by atoms with Crippen molar-refractivity contribution in [2.75, 3.05) is 5.32 Å². The monoisotopic (exact) mass is 145 g/mol. The summed E-state index contributed by atoms with van der Waals surface area (Å²) < 4.78 is 0. The molecule has 0 spiro atoms. The van der Waals surface area contributed by atoms with Gasteiger partial charge in [0.2, 0.25) is 0 Å². The van der Waals surface area contributed by atoms with Crippen molar-refractivity contribution in [1.82, 2.24) is 0 Å². The van der Waals surface area contributed by atoms with Gasteiger partial charge >= 0.3 is 0 Å². The molecule has 1 N–H and O–H groups in total. The van der Waals surface area contributed by atoms with Gasteiger partial charge < -0.3 is 5.32 Å². The van der Waals surface area contributed by atoms with E-state index in [1.807, 2.05) is 0 Å². The second kappa shape index (κ2) is 2.95. The van der Waals surface area contributed by atoms with Crippen LogP contribution in [0.1, 0.15) is 18.4 Å². The van der Waals surface area contributed by atoms with Gasteiger partial charge in [-0.25, -0.2) is 0 Å². The van der Waals surface area contributed by atoms with Crippen molar-refractivity contribution in [3.8, 4) is 0 Å². The average molecular weight is 145 g/mol. The smallest absolute Gasteiger partial charge is 0.0880 e. The van der Waals surface area contributed by atoms with Gasteiger partial charge in [-0.05, 0) is 30.9 Å². The molecule has 0 aliphatic carbocycles. The highest BCUT2D eigenvalue weighted by molar-refractivity contribution is 5.52. The van der Waals surface area contributed by atoms with Crippen LogP contribution < -0.4 is 5.32 Å². The highest BCUT2D eigenvalue weighted by atomic mass is 14.9. The van der Waals surface area contributed by atoms with Crippen LogP contribution in [0.3, 0.4) is 0 Å². The van der Waals surface area contributed by atoms with Gasteiger partial charge in [-0.1, -0.05) is 18.2 Å². The van der Waals surface area contributed by atoms with Crippen molar-refractivity contribution in [1.29, 1.82) is 0 Å². The fourth-order valence-corrected chi connectivity index (χ4v) is 1.39. The quantitative estimate of drug-likeness (QED) is 0.591. The highest BCUT2D eigenvalue weighted by Crippen LogP contribution is 2.21. The van der Waals surface area contributed by atoms with Crippen LogP contribution in [-0.2, 0) is 6.42 Å². The molecule has 2 radical (unpaired) electrons. The number of aryl methyl sites for hydroxylation is 1. The minimum Gasteiger partial charge on any atom is -0.375 e. The topological polar surface area (TPSA) is 12.0 Å². The van der Waals surface area contributed by atoms with Crippen molar-refractivity contribution >= 4 is 5.69 Å². The normalized spacial score (nSPS) is 16.4. The van der Waals surface area contributed by atoms with E-state index in [4.69, 9.17) is 0 Å². The van der Waals surface area contributed by atoms with Gasteiger partial charge in [0.1, 0.15) is 0 Å². The van der Waals surface area contributed by atoms with Crippen LogP contribution in [0.25, 0.3) is 0 Å². The molecule has 0 atom stereocenters. The standard InChI is InChI=1S/C10H11N/c1-2-7-10-9(5-1)6-3-4-8-11-10/h1-2,5,7,11H,3-4,6H2. The fourth-order valence-electron chi connectivity index (χ4n) is 1.39. The summed E-state index contributed by atoms with van der Waals surface area (Å²) in [7, 11) is 0. The first-order valence-corrected chi connectivity index (χ1v) is 4.03. The van der Waals surface area contributed by atoms with Crippen molar-refractivity contribution in [2.45, 2.75) is 19.3 Å². The fraction of sp³-hybridized carbons (Fsp3) is 0.300. The van der Waals surface area contributed by atoms with Crippen LogP contribution in [0.4, 0.5) is 5.69 Å². The molecule has 1 heteroatoms. The summed E-state index contributed by atoms with van der Waals surface area (Å²) in [6.07, 6.45) is 3.44. The minimum atomic E-state index is 1.05. The molecule has 0 bridgehead atoms. The summed E-state index contributed by atoms with van der Waals surface area (Å²) in [5.74, 6) is 0. The van der Waals surface area contributed by atoms with Gasteiger partial charge in [-0.15, -0.1) is 0 Å². The average Bonchev–Trinajstić information content (AvgIpc) is 2.28. The predicted molar refractivity (Wildman–Crippen MR) is 46.2 cm³/mol. The Balaban J connectivity index is 2.33. The Bertz CT molecular complexity index is 217. The number of hydrogen-bond donors (Lipinski definition) is 1. The molecule has 1 heterocycles. The third-order valence-corrected chi connectivity index (χ3v) is 1.99. The van der Waals surface area contributed by atoms with Crippen LogP contribution in [0.15, 0.2) is 24.3 Å². The maximum absolute atomic E-state index is 3.18. The van der Waals surface area contributed by atoms with E-state index in [9.17, 15) is 0 Å². The first-order valence-electron chi connectivity index (χ1n) is 4.03. The number of nitrogens with one attached hydrogen (secondary N) is 1. The van der Waals surface area contributed by atoms with Crippen LogP contribution in [-0.4, -0.2) is 0 Å². The summed E-state index contributed by atoms with van der Waals surface area (Å²) in [6.45, 7) is 3.15. The Kier molecular flexibility index (Phi) is 1.80. The van der Waals surface area contributed by atoms with Gasteiger partial charge in [0.25, 0.3) is 0 Å². The Labute approximate surface area is 67.4 Å². The molecule has 0 saturated heterocycles. The predicted octanol–water partition coefficient (Wildman–Crippen LogP) is 2.47. The third kappa shape index (κ3) is 1.37. The van der Waals surface area contributed by atoms with E-state index in [0.717, 1.165) is 6.42 Å². The van der Waals surface area contributed by atoms with Crippen molar-refractivity contribution in [3.05, 3.63) is 36.4 Å². The first-order chi connectivity index (χ1) is 5.47. The number of hydrogen-bond acceptors (Lipinski definition) is 1. The Morgan fingerprint density at radius 3 is 3.18 bits per heavy atom. The van der Waals surface area contributed by atoms with E-state index in [2.05, 4.69) is 36.1 Å². The maximum atomic E-state index is 3.18. The van der Waals surface area contributed by atoms with E-state index in [1.165, 1.54) is 24.1 Å². The van der Waals surface area contributed by atoms with Gasteiger partial charge in [0, 0.05) is 5.69 Å².